The van der Waals surface area contributed by atoms with Gasteiger partial charge in [0.15, 0.2) is 0 Å². The second-order valence-corrected chi connectivity index (χ2v) is 6.10. The topological polar surface area (TPSA) is 58.6 Å². The average molecular weight is 268 g/mol. The molecule has 0 saturated carbocycles. The van der Waals surface area contributed by atoms with E-state index < -0.39 is 6.04 Å². The number of nitrogens with one attached hydrogen (secondary N) is 1. The lowest BCUT2D eigenvalue weighted by atomic mass is 9.96. The molecule has 5 heteroatoms. The highest BCUT2D eigenvalue weighted by Gasteiger charge is 2.39. The zero-order valence-electron chi connectivity index (χ0n) is 12.0. The Hall–Kier alpha value is -1.10. The van der Waals surface area contributed by atoms with Gasteiger partial charge in [-0.05, 0) is 25.7 Å². The van der Waals surface area contributed by atoms with Crippen LogP contribution in [0.25, 0.3) is 0 Å². The number of piperazine rings is 1. The maximum absolute atomic E-state index is 12.3. The third-order valence-corrected chi connectivity index (χ3v) is 3.86. The van der Waals surface area contributed by atoms with Crippen molar-refractivity contribution in [1.29, 1.82) is 0 Å². The van der Waals surface area contributed by atoms with Gasteiger partial charge in [0.05, 0.1) is 6.61 Å². The summed E-state index contributed by atoms with van der Waals surface area (Å²) in [7, 11) is 0. The molecule has 1 N–H and O–H groups in total. The summed E-state index contributed by atoms with van der Waals surface area (Å²) in [5.74, 6) is 0.785. The molecular weight excluding hydrogens is 244 g/mol. The molecule has 5 nitrogen and oxygen atoms in total. The SMILES string of the molecule is CC(C)CC1C(=O)NC(C)C(=O)N1CC1CCOC1. The highest BCUT2D eigenvalue weighted by molar-refractivity contribution is 5.96. The van der Waals surface area contributed by atoms with Gasteiger partial charge >= 0.3 is 0 Å². The Kier molecular flexibility index (Phi) is 4.45. The fourth-order valence-electron chi connectivity index (χ4n) is 2.82. The summed E-state index contributed by atoms with van der Waals surface area (Å²) in [5, 5.41) is 2.78. The number of amides is 2. The molecule has 0 aromatic carbocycles. The summed E-state index contributed by atoms with van der Waals surface area (Å²) in [6.45, 7) is 8.02. The molecule has 3 atom stereocenters. The average Bonchev–Trinajstić information content (AvgIpc) is 2.83. The number of hydrogen-bond donors (Lipinski definition) is 1. The summed E-state index contributed by atoms with van der Waals surface area (Å²) in [5.41, 5.74) is 0. The lowest BCUT2D eigenvalue weighted by Gasteiger charge is -2.39. The smallest absolute Gasteiger partial charge is 0.245 e. The molecule has 0 aliphatic carbocycles. The van der Waals surface area contributed by atoms with Gasteiger partial charge in [-0.15, -0.1) is 0 Å². The first-order valence-corrected chi connectivity index (χ1v) is 7.17. The van der Waals surface area contributed by atoms with Crippen LogP contribution in [0.3, 0.4) is 0 Å². The minimum atomic E-state index is -0.404. The monoisotopic (exact) mass is 268 g/mol. The fourth-order valence-corrected chi connectivity index (χ4v) is 2.82. The lowest BCUT2D eigenvalue weighted by Crippen LogP contribution is -2.63. The number of hydrogen-bond acceptors (Lipinski definition) is 3. The van der Waals surface area contributed by atoms with Crippen LogP contribution in [0.5, 0.6) is 0 Å². The first-order chi connectivity index (χ1) is 8.99. The minimum absolute atomic E-state index is 0.0142. The van der Waals surface area contributed by atoms with Gasteiger partial charge in [0.25, 0.3) is 0 Å². The first-order valence-electron chi connectivity index (χ1n) is 7.17. The third kappa shape index (κ3) is 3.26. The van der Waals surface area contributed by atoms with Crippen LogP contribution in [-0.4, -0.2) is 48.6 Å². The van der Waals surface area contributed by atoms with Crippen molar-refractivity contribution in [2.45, 2.75) is 45.7 Å². The van der Waals surface area contributed by atoms with E-state index in [9.17, 15) is 9.59 Å². The molecule has 2 saturated heterocycles. The molecule has 2 heterocycles. The quantitative estimate of drug-likeness (QED) is 0.820. The van der Waals surface area contributed by atoms with Gasteiger partial charge in [-0.25, -0.2) is 0 Å². The molecule has 2 aliphatic heterocycles. The maximum atomic E-state index is 12.3. The van der Waals surface area contributed by atoms with Crippen LogP contribution in [-0.2, 0) is 14.3 Å². The van der Waals surface area contributed by atoms with Gasteiger partial charge in [-0.2, -0.15) is 0 Å². The largest absolute Gasteiger partial charge is 0.381 e. The maximum Gasteiger partial charge on any atom is 0.245 e. The minimum Gasteiger partial charge on any atom is -0.381 e. The van der Waals surface area contributed by atoms with E-state index in [1.165, 1.54) is 0 Å². The van der Waals surface area contributed by atoms with E-state index in [4.69, 9.17) is 4.74 Å². The molecule has 0 spiro atoms. The van der Waals surface area contributed by atoms with E-state index >= 15 is 0 Å². The van der Waals surface area contributed by atoms with E-state index in [1.807, 2.05) is 0 Å². The summed E-state index contributed by atoms with van der Waals surface area (Å²) in [4.78, 5) is 26.2. The standard InChI is InChI=1S/C14H24N2O3/c1-9(2)6-12-13(17)15-10(3)14(18)16(12)7-11-4-5-19-8-11/h9-12H,4-8H2,1-3H3,(H,15,17). The Morgan fingerprint density at radius 3 is 2.74 bits per heavy atom. The van der Waals surface area contributed by atoms with Crippen molar-refractivity contribution < 1.29 is 14.3 Å². The van der Waals surface area contributed by atoms with Crippen molar-refractivity contribution in [2.24, 2.45) is 11.8 Å². The summed E-state index contributed by atoms with van der Waals surface area (Å²) >= 11 is 0. The van der Waals surface area contributed by atoms with Gasteiger partial charge in [0.1, 0.15) is 12.1 Å². The van der Waals surface area contributed by atoms with E-state index in [-0.39, 0.29) is 17.9 Å². The van der Waals surface area contributed by atoms with Crippen LogP contribution in [0, 0.1) is 11.8 Å². The summed E-state index contributed by atoms with van der Waals surface area (Å²) < 4.78 is 5.37. The van der Waals surface area contributed by atoms with Crippen molar-refractivity contribution in [3.8, 4) is 0 Å². The van der Waals surface area contributed by atoms with Crippen molar-refractivity contribution >= 4 is 11.8 Å². The van der Waals surface area contributed by atoms with Crippen molar-refractivity contribution in [3.05, 3.63) is 0 Å². The van der Waals surface area contributed by atoms with E-state index in [1.54, 1.807) is 11.8 Å². The van der Waals surface area contributed by atoms with Crippen molar-refractivity contribution in [2.75, 3.05) is 19.8 Å². The van der Waals surface area contributed by atoms with Crippen LogP contribution in [0.2, 0.25) is 0 Å². The van der Waals surface area contributed by atoms with Gasteiger partial charge in [-0.3, -0.25) is 9.59 Å². The number of nitrogens with zero attached hydrogens (tertiary/aromatic N) is 1. The molecule has 19 heavy (non-hydrogen) atoms. The molecule has 2 fully saturated rings. The third-order valence-electron chi connectivity index (χ3n) is 3.86. The predicted molar refractivity (Wildman–Crippen MR) is 71.5 cm³/mol. The first kappa shape index (κ1) is 14.3. The molecule has 108 valence electrons. The molecule has 0 aromatic heterocycles. The Morgan fingerprint density at radius 1 is 1.42 bits per heavy atom. The number of rotatable bonds is 4. The van der Waals surface area contributed by atoms with Gasteiger partial charge in [-0.1, -0.05) is 13.8 Å². The van der Waals surface area contributed by atoms with Gasteiger partial charge in [0.2, 0.25) is 11.8 Å². The highest BCUT2D eigenvalue weighted by Crippen LogP contribution is 2.22. The molecular formula is C14H24N2O3. The molecule has 0 radical (unpaired) electrons. The molecule has 0 aromatic rings. The normalized spacial score (nSPS) is 32.0. The second kappa shape index (κ2) is 5.90. The number of carbonyl (C=O) groups excluding carboxylic acids is 2. The molecule has 2 aliphatic rings. The lowest BCUT2D eigenvalue weighted by molar-refractivity contribution is -0.150. The van der Waals surface area contributed by atoms with Crippen LogP contribution >= 0.6 is 0 Å². The van der Waals surface area contributed by atoms with Crippen LogP contribution in [0.4, 0.5) is 0 Å². The zero-order chi connectivity index (χ0) is 14.0. The molecule has 2 amide bonds. The van der Waals surface area contributed by atoms with E-state index in [0.29, 0.717) is 25.0 Å². The predicted octanol–water partition coefficient (Wildman–Crippen LogP) is 0.785. The second-order valence-electron chi connectivity index (χ2n) is 6.10. The number of ether oxygens (including phenoxy) is 1. The molecule has 2 rings (SSSR count). The van der Waals surface area contributed by atoms with Crippen LogP contribution in [0.15, 0.2) is 0 Å². The Morgan fingerprint density at radius 2 is 2.16 bits per heavy atom. The van der Waals surface area contributed by atoms with Crippen molar-refractivity contribution in [1.82, 2.24) is 10.2 Å². The fraction of sp³-hybridized carbons (Fsp3) is 0.857. The number of carbonyl (C=O) groups is 2. The van der Waals surface area contributed by atoms with Gasteiger partial charge < -0.3 is 15.0 Å². The van der Waals surface area contributed by atoms with E-state index in [0.717, 1.165) is 19.4 Å². The zero-order valence-corrected chi connectivity index (χ0v) is 12.0. The van der Waals surface area contributed by atoms with Crippen LogP contribution < -0.4 is 5.32 Å². The van der Waals surface area contributed by atoms with Gasteiger partial charge in [0, 0.05) is 19.1 Å². The Balaban J connectivity index is 2.10. The Labute approximate surface area is 114 Å². The van der Waals surface area contributed by atoms with Crippen molar-refractivity contribution in [3.63, 3.8) is 0 Å². The van der Waals surface area contributed by atoms with E-state index in [2.05, 4.69) is 19.2 Å². The highest BCUT2D eigenvalue weighted by atomic mass is 16.5. The summed E-state index contributed by atoms with van der Waals surface area (Å²) in [6.07, 6.45) is 1.70. The van der Waals surface area contributed by atoms with Crippen LogP contribution in [0.1, 0.15) is 33.6 Å². The Bertz CT molecular complexity index is 351. The molecule has 0 bridgehead atoms. The molecule has 3 unspecified atom stereocenters. The summed E-state index contributed by atoms with van der Waals surface area (Å²) in [6, 6.07) is -0.720.